The number of hydrogen-bond donors (Lipinski definition) is 0. The van der Waals surface area contributed by atoms with Gasteiger partial charge in [-0.15, -0.1) is 12.0 Å². The van der Waals surface area contributed by atoms with Crippen LogP contribution in [0.25, 0.3) is 0 Å². The second kappa shape index (κ2) is 4.35. The summed E-state index contributed by atoms with van der Waals surface area (Å²) in [6.07, 6.45) is 3.78. The fourth-order valence-corrected chi connectivity index (χ4v) is 1.70. The normalized spacial score (nSPS) is 14.5. The standard InChI is InChI=1S/C11H6BF5/c13-7-6(12-4-2-1-3-5-12)8(14)10(16)11(17)9(7)15/h2-5H,1H2. The maximum Gasteiger partial charge on any atom is 0.233 e. The molecule has 88 valence electrons. The number of benzene rings is 1. The molecule has 1 aliphatic rings. The van der Waals surface area contributed by atoms with Crippen LogP contribution in [0.4, 0.5) is 22.0 Å². The van der Waals surface area contributed by atoms with Gasteiger partial charge in [0.05, 0.1) is 0 Å². The second-order valence-corrected chi connectivity index (χ2v) is 3.60. The third-order valence-corrected chi connectivity index (χ3v) is 2.54. The summed E-state index contributed by atoms with van der Waals surface area (Å²) in [5.41, 5.74) is -0.811. The van der Waals surface area contributed by atoms with Crippen molar-refractivity contribution in [2.24, 2.45) is 0 Å². The fourth-order valence-electron chi connectivity index (χ4n) is 1.70. The van der Waals surface area contributed by atoms with Crippen LogP contribution in [0, 0.1) is 29.1 Å². The molecule has 0 aliphatic carbocycles. The highest BCUT2D eigenvalue weighted by molar-refractivity contribution is 6.82. The summed E-state index contributed by atoms with van der Waals surface area (Å²) < 4.78 is 65.5. The molecule has 0 nitrogen and oxygen atoms in total. The highest BCUT2D eigenvalue weighted by Crippen LogP contribution is 2.18. The van der Waals surface area contributed by atoms with Gasteiger partial charge in [-0.3, -0.25) is 0 Å². The first kappa shape index (κ1) is 11.9. The van der Waals surface area contributed by atoms with Crippen LogP contribution < -0.4 is 5.46 Å². The van der Waals surface area contributed by atoms with E-state index in [-0.39, 0.29) is 0 Å². The monoisotopic (exact) mass is 244 g/mol. The van der Waals surface area contributed by atoms with E-state index in [1.54, 1.807) is 12.2 Å². The van der Waals surface area contributed by atoms with Crippen LogP contribution in [0.2, 0.25) is 0 Å². The van der Waals surface area contributed by atoms with Crippen LogP contribution in [0.3, 0.4) is 0 Å². The maximum absolute atomic E-state index is 13.4. The van der Waals surface area contributed by atoms with E-state index in [0.717, 1.165) is 0 Å². The topological polar surface area (TPSA) is 0 Å². The van der Waals surface area contributed by atoms with Gasteiger partial charge in [0.2, 0.25) is 6.71 Å². The molecule has 2 rings (SSSR count). The van der Waals surface area contributed by atoms with Gasteiger partial charge in [0.1, 0.15) is 0 Å². The smallest absolute Gasteiger partial charge is 0.204 e. The lowest BCUT2D eigenvalue weighted by Gasteiger charge is -2.12. The quantitative estimate of drug-likeness (QED) is 0.308. The number of rotatable bonds is 1. The van der Waals surface area contributed by atoms with E-state index in [4.69, 9.17) is 0 Å². The molecule has 0 radical (unpaired) electrons. The largest absolute Gasteiger partial charge is 0.233 e. The third kappa shape index (κ3) is 1.88. The van der Waals surface area contributed by atoms with Gasteiger partial charge in [0.15, 0.2) is 29.1 Å². The van der Waals surface area contributed by atoms with E-state index >= 15 is 0 Å². The molecule has 0 amide bonds. The lowest BCUT2D eigenvalue weighted by molar-refractivity contribution is 0.384. The van der Waals surface area contributed by atoms with Gasteiger partial charge in [0, 0.05) is 5.46 Å². The van der Waals surface area contributed by atoms with Crippen molar-refractivity contribution < 1.29 is 22.0 Å². The Morgan fingerprint density at radius 2 is 1.12 bits per heavy atom. The molecule has 17 heavy (non-hydrogen) atoms. The van der Waals surface area contributed by atoms with Crippen LogP contribution in [-0.2, 0) is 0 Å². The number of allylic oxidation sites excluding steroid dienone is 2. The highest BCUT2D eigenvalue weighted by atomic mass is 19.2. The molecular weight excluding hydrogens is 238 g/mol. The Balaban J connectivity index is 2.65. The zero-order valence-electron chi connectivity index (χ0n) is 8.48. The van der Waals surface area contributed by atoms with Crippen molar-refractivity contribution in [2.75, 3.05) is 0 Å². The summed E-state index contributed by atoms with van der Waals surface area (Å²) in [4.78, 5) is 0. The molecule has 1 aromatic carbocycles. The third-order valence-electron chi connectivity index (χ3n) is 2.54. The lowest BCUT2D eigenvalue weighted by Crippen LogP contribution is -2.36. The van der Waals surface area contributed by atoms with Crippen LogP contribution >= 0.6 is 0 Å². The first-order chi connectivity index (χ1) is 8.04. The van der Waals surface area contributed by atoms with Gasteiger partial charge >= 0.3 is 0 Å². The van der Waals surface area contributed by atoms with Crippen LogP contribution in [0.1, 0.15) is 6.42 Å². The van der Waals surface area contributed by atoms with Crippen LogP contribution in [0.5, 0.6) is 0 Å². The first-order valence-electron chi connectivity index (χ1n) is 4.88. The Kier molecular flexibility index (Phi) is 3.04. The van der Waals surface area contributed by atoms with Crippen molar-refractivity contribution in [3.8, 4) is 0 Å². The van der Waals surface area contributed by atoms with Gasteiger partial charge in [-0.25, -0.2) is 22.0 Å². The number of halogens is 5. The van der Waals surface area contributed by atoms with E-state index in [9.17, 15) is 22.0 Å². The van der Waals surface area contributed by atoms with E-state index in [1.807, 2.05) is 0 Å². The van der Waals surface area contributed by atoms with E-state index in [1.165, 1.54) is 12.0 Å². The van der Waals surface area contributed by atoms with E-state index in [2.05, 4.69) is 0 Å². The molecule has 6 heteroatoms. The van der Waals surface area contributed by atoms with Crippen LogP contribution in [-0.4, -0.2) is 6.71 Å². The lowest BCUT2D eigenvalue weighted by atomic mass is 9.43. The average Bonchev–Trinajstić information content (AvgIpc) is 2.36. The van der Waals surface area contributed by atoms with Gasteiger partial charge in [0.25, 0.3) is 0 Å². The Morgan fingerprint density at radius 1 is 0.706 bits per heavy atom. The van der Waals surface area contributed by atoms with Crippen molar-refractivity contribution in [3.05, 3.63) is 53.2 Å². The van der Waals surface area contributed by atoms with Gasteiger partial charge in [-0.1, -0.05) is 12.2 Å². The van der Waals surface area contributed by atoms with Crippen molar-refractivity contribution in [1.29, 1.82) is 0 Å². The summed E-state index contributed by atoms with van der Waals surface area (Å²) in [7, 11) is 0. The molecule has 0 atom stereocenters. The second-order valence-electron chi connectivity index (χ2n) is 3.60. The summed E-state index contributed by atoms with van der Waals surface area (Å²) in [6, 6.07) is 0. The van der Waals surface area contributed by atoms with Crippen molar-refractivity contribution in [2.45, 2.75) is 6.42 Å². The Hall–Kier alpha value is -1.59. The minimum atomic E-state index is -2.13. The Morgan fingerprint density at radius 3 is 1.59 bits per heavy atom. The number of hydrogen-bond acceptors (Lipinski definition) is 0. The summed E-state index contributed by atoms with van der Waals surface area (Å²) in [5.74, 6) is -6.70. The average molecular weight is 244 g/mol. The van der Waals surface area contributed by atoms with Gasteiger partial charge in [-0.2, -0.15) is 0 Å². The van der Waals surface area contributed by atoms with E-state index < -0.39 is 41.3 Å². The molecule has 1 heterocycles. The molecule has 0 N–H and O–H groups in total. The first-order valence-corrected chi connectivity index (χ1v) is 4.88. The van der Waals surface area contributed by atoms with Crippen molar-refractivity contribution in [3.63, 3.8) is 0 Å². The SMILES string of the molecule is Fc1c(F)c(F)c(B2C=CCC=C2)c(F)c1F. The predicted molar refractivity (Wildman–Crippen MR) is 54.5 cm³/mol. The summed E-state index contributed by atoms with van der Waals surface area (Å²) in [6.45, 7) is -0.923. The molecule has 0 saturated carbocycles. The van der Waals surface area contributed by atoms with E-state index in [0.29, 0.717) is 6.42 Å². The molecule has 0 aromatic heterocycles. The zero-order valence-corrected chi connectivity index (χ0v) is 8.48. The fraction of sp³-hybridized carbons (Fsp3) is 0.0909. The molecule has 0 bridgehead atoms. The molecule has 1 aromatic rings. The summed E-state index contributed by atoms with van der Waals surface area (Å²) >= 11 is 0. The molecule has 0 unspecified atom stereocenters. The molecule has 1 aliphatic heterocycles. The maximum atomic E-state index is 13.4. The molecule has 0 saturated heterocycles. The zero-order chi connectivity index (χ0) is 12.6. The molecular formula is C11H6BF5. The summed E-state index contributed by atoms with van der Waals surface area (Å²) in [5, 5.41) is 0. The minimum Gasteiger partial charge on any atom is -0.204 e. The van der Waals surface area contributed by atoms with Crippen LogP contribution in [0.15, 0.2) is 24.1 Å². The molecule has 0 fully saturated rings. The predicted octanol–water partition coefficient (Wildman–Crippen LogP) is 2.68. The van der Waals surface area contributed by atoms with Crippen molar-refractivity contribution in [1.82, 2.24) is 0 Å². The van der Waals surface area contributed by atoms with Gasteiger partial charge < -0.3 is 0 Å². The van der Waals surface area contributed by atoms with Gasteiger partial charge in [-0.05, 0) is 6.42 Å². The Bertz CT molecular complexity index is 480. The van der Waals surface area contributed by atoms with Crippen molar-refractivity contribution >= 4 is 12.2 Å². The highest BCUT2D eigenvalue weighted by Gasteiger charge is 2.30. The Labute approximate surface area is 94.5 Å². The molecule has 0 spiro atoms. The minimum absolute atomic E-state index is 0.575.